The molecular formula is C24H26N2O3. The molecule has 0 unspecified atom stereocenters. The van der Waals surface area contributed by atoms with E-state index in [4.69, 9.17) is 0 Å². The maximum atomic E-state index is 11.9. The van der Waals surface area contributed by atoms with Gasteiger partial charge in [-0.3, -0.25) is 0 Å². The number of benzene rings is 2. The molecule has 1 heterocycles. The van der Waals surface area contributed by atoms with Crippen molar-refractivity contribution < 1.29 is 15.0 Å². The van der Waals surface area contributed by atoms with Gasteiger partial charge in [0.1, 0.15) is 5.82 Å². The molecule has 5 nitrogen and oxygen atoms in total. The highest BCUT2D eigenvalue weighted by molar-refractivity contribution is 5.96. The molecular weight excluding hydrogens is 364 g/mol. The number of aromatic nitrogens is 2. The monoisotopic (exact) mass is 390 g/mol. The van der Waals surface area contributed by atoms with E-state index in [2.05, 4.69) is 16.9 Å². The smallest absolute Gasteiger partial charge is 0.336 e. The highest BCUT2D eigenvalue weighted by Gasteiger charge is 2.16. The van der Waals surface area contributed by atoms with E-state index in [0.717, 1.165) is 41.6 Å². The third-order valence-corrected chi connectivity index (χ3v) is 4.99. The van der Waals surface area contributed by atoms with E-state index in [1.807, 2.05) is 49.4 Å². The SMILES string of the molecule is CCCCc1nc(C)nc(CO)c1Cc1ccc(-c2ccccc2)c(C(=O)O)c1. The number of nitrogens with zero attached hydrogens (tertiary/aromatic N) is 2. The average molecular weight is 390 g/mol. The van der Waals surface area contributed by atoms with Gasteiger partial charge in [0.05, 0.1) is 17.9 Å². The van der Waals surface area contributed by atoms with Crippen LogP contribution in [-0.4, -0.2) is 26.2 Å². The molecule has 150 valence electrons. The Balaban J connectivity index is 2.03. The Labute approximate surface area is 171 Å². The first kappa shape index (κ1) is 20.7. The Morgan fingerprint density at radius 2 is 1.76 bits per heavy atom. The Bertz CT molecular complexity index is 1000. The van der Waals surface area contributed by atoms with Crippen LogP contribution >= 0.6 is 0 Å². The van der Waals surface area contributed by atoms with Gasteiger partial charge < -0.3 is 10.2 Å². The van der Waals surface area contributed by atoms with Gasteiger partial charge in [0, 0.05) is 17.7 Å². The summed E-state index contributed by atoms with van der Waals surface area (Å²) in [5.41, 5.74) is 5.14. The number of aliphatic hydroxyl groups is 1. The van der Waals surface area contributed by atoms with Crippen molar-refractivity contribution >= 4 is 5.97 Å². The van der Waals surface area contributed by atoms with E-state index in [0.29, 0.717) is 23.5 Å². The minimum Gasteiger partial charge on any atom is -0.478 e. The zero-order chi connectivity index (χ0) is 20.8. The van der Waals surface area contributed by atoms with Gasteiger partial charge in [0.25, 0.3) is 0 Å². The molecule has 0 aliphatic carbocycles. The number of unbranched alkanes of at least 4 members (excludes halogenated alkanes) is 1. The van der Waals surface area contributed by atoms with Crippen LogP contribution in [0.15, 0.2) is 48.5 Å². The van der Waals surface area contributed by atoms with Gasteiger partial charge in [-0.2, -0.15) is 0 Å². The highest BCUT2D eigenvalue weighted by atomic mass is 16.4. The van der Waals surface area contributed by atoms with E-state index in [9.17, 15) is 15.0 Å². The summed E-state index contributed by atoms with van der Waals surface area (Å²) in [6.45, 7) is 3.80. The van der Waals surface area contributed by atoms with Gasteiger partial charge in [-0.05, 0) is 42.5 Å². The van der Waals surface area contributed by atoms with Crippen molar-refractivity contribution in [3.05, 3.63) is 82.4 Å². The molecule has 0 atom stereocenters. The van der Waals surface area contributed by atoms with Crippen LogP contribution in [0.25, 0.3) is 11.1 Å². The zero-order valence-electron chi connectivity index (χ0n) is 16.9. The lowest BCUT2D eigenvalue weighted by Gasteiger charge is -2.15. The Morgan fingerprint density at radius 1 is 1.03 bits per heavy atom. The first-order valence-corrected chi connectivity index (χ1v) is 9.91. The molecule has 0 amide bonds. The molecule has 0 saturated carbocycles. The van der Waals surface area contributed by atoms with E-state index < -0.39 is 5.97 Å². The van der Waals surface area contributed by atoms with Crippen molar-refractivity contribution in [3.63, 3.8) is 0 Å². The standard InChI is InChI=1S/C24H26N2O3/c1-3-4-10-22-21(23(15-27)26-16(2)25-22)14-17-11-12-19(20(13-17)24(28)29)18-8-6-5-7-9-18/h5-9,11-13,27H,3-4,10,14-15H2,1-2H3,(H,28,29). The molecule has 2 N–H and O–H groups in total. The Kier molecular flexibility index (Phi) is 6.73. The normalized spacial score (nSPS) is 10.9. The van der Waals surface area contributed by atoms with Gasteiger partial charge in [-0.1, -0.05) is 55.8 Å². The van der Waals surface area contributed by atoms with Crippen molar-refractivity contribution in [1.82, 2.24) is 9.97 Å². The van der Waals surface area contributed by atoms with Crippen molar-refractivity contribution in [3.8, 4) is 11.1 Å². The first-order chi connectivity index (χ1) is 14.0. The maximum Gasteiger partial charge on any atom is 0.336 e. The van der Waals surface area contributed by atoms with Gasteiger partial charge >= 0.3 is 5.97 Å². The molecule has 0 radical (unpaired) electrons. The van der Waals surface area contributed by atoms with Crippen LogP contribution in [0.5, 0.6) is 0 Å². The lowest BCUT2D eigenvalue weighted by atomic mass is 9.93. The van der Waals surface area contributed by atoms with Crippen molar-refractivity contribution in [2.75, 3.05) is 0 Å². The first-order valence-electron chi connectivity index (χ1n) is 9.91. The predicted octanol–water partition coefficient (Wildman–Crippen LogP) is 4.58. The quantitative estimate of drug-likeness (QED) is 0.588. The van der Waals surface area contributed by atoms with Crippen LogP contribution in [0.4, 0.5) is 0 Å². The van der Waals surface area contributed by atoms with Crippen LogP contribution in [0.1, 0.15) is 58.5 Å². The number of rotatable bonds is 8. The van der Waals surface area contributed by atoms with Crippen LogP contribution in [-0.2, 0) is 19.4 Å². The van der Waals surface area contributed by atoms with Crippen LogP contribution in [0, 0.1) is 6.92 Å². The lowest BCUT2D eigenvalue weighted by Crippen LogP contribution is -2.10. The molecule has 0 saturated heterocycles. The molecule has 0 spiro atoms. The summed E-state index contributed by atoms with van der Waals surface area (Å²) in [5.74, 6) is -0.311. The predicted molar refractivity (Wildman–Crippen MR) is 113 cm³/mol. The molecule has 3 rings (SSSR count). The molecule has 29 heavy (non-hydrogen) atoms. The van der Waals surface area contributed by atoms with Gasteiger partial charge in [0.15, 0.2) is 0 Å². The fourth-order valence-corrected chi connectivity index (χ4v) is 3.55. The second-order valence-electron chi connectivity index (χ2n) is 7.13. The van der Waals surface area contributed by atoms with Crippen molar-refractivity contribution in [1.29, 1.82) is 0 Å². The lowest BCUT2D eigenvalue weighted by molar-refractivity contribution is 0.0697. The summed E-state index contributed by atoms with van der Waals surface area (Å²) in [6.07, 6.45) is 3.36. The Morgan fingerprint density at radius 3 is 2.41 bits per heavy atom. The van der Waals surface area contributed by atoms with Gasteiger partial charge in [-0.25, -0.2) is 14.8 Å². The summed E-state index contributed by atoms with van der Waals surface area (Å²) in [7, 11) is 0. The van der Waals surface area contributed by atoms with E-state index in [1.54, 1.807) is 6.07 Å². The summed E-state index contributed by atoms with van der Waals surface area (Å²) < 4.78 is 0. The number of aryl methyl sites for hydroxylation is 2. The molecule has 3 aromatic rings. The second kappa shape index (κ2) is 9.43. The fourth-order valence-electron chi connectivity index (χ4n) is 3.55. The number of carboxylic acids is 1. The number of aliphatic hydroxyl groups excluding tert-OH is 1. The molecule has 0 aliphatic rings. The molecule has 5 heteroatoms. The highest BCUT2D eigenvalue weighted by Crippen LogP contribution is 2.27. The summed E-state index contributed by atoms with van der Waals surface area (Å²) in [6, 6.07) is 15.0. The number of hydrogen-bond acceptors (Lipinski definition) is 4. The molecule has 2 aromatic carbocycles. The van der Waals surface area contributed by atoms with Crippen LogP contribution < -0.4 is 0 Å². The zero-order valence-corrected chi connectivity index (χ0v) is 16.9. The summed E-state index contributed by atoms with van der Waals surface area (Å²) >= 11 is 0. The minimum absolute atomic E-state index is 0.161. The number of carboxylic acid groups (broad SMARTS) is 1. The van der Waals surface area contributed by atoms with E-state index in [1.165, 1.54) is 0 Å². The van der Waals surface area contributed by atoms with Crippen LogP contribution in [0.3, 0.4) is 0 Å². The topological polar surface area (TPSA) is 83.3 Å². The van der Waals surface area contributed by atoms with E-state index >= 15 is 0 Å². The second-order valence-corrected chi connectivity index (χ2v) is 7.13. The maximum absolute atomic E-state index is 11.9. The molecule has 0 bridgehead atoms. The molecule has 0 fully saturated rings. The largest absolute Gasteiger partial charge is 0.478 e. The van der Waals surface area contributed by atoms with Crippen molar-refractivity contribution in [2.45, 2.75) is 46.1 Å². The third-order valence-electron chi connectivity index (χ3n) is 4.99. The fraction of sp³-hybridized carbons (Fsp3) is 0.292. The minimum atomic E-state index is -0.959. The third kappa shape index (κ3) is 4.87. The molecule has 0 aliphatic heterocycles. The van der Waals surface area contributed by atoms with Crippen molar-refractivity contribution in [2.24, 2.45) is 0 Å². The average Bonchev–Trinajstić information content (AvgIpc) is 2.74. The summed E-state index contributed by atoms with van der Waals surface area (Å²) in [4.78, 5) is 20.9. The number of aromatic carboxylic acids is 1. The van der Waals surface area contributed by atoms with Crippen LogP contribution in [0.2, 0.25) is 0 Å². The number of carbonyl (C=O) groups is 1. The van der Waals surface area contributed by atoms with Gasteiger partial charge in [-0.15, -0.1) is 0 Å². The summed E-state index contributed by atoms with van der Waals surface area (Å²) in [5, 5.41) is 19.6. The molecule has 1 aromatic heterocycles. The Hall–Kier alpha value is -3.05. The van der Waals surface area contributed by atoms with E-state index in [-0.39, 0.29) is 12.2 Å². The number of hydrogen-bond donors (Lipinski definition) is 2. The van der Waals surface area contributed by atoms with Gasteiger partial charge in [0.2, 0.25) is 0 Å².